The van der Waals surface area contributed by atoms with Gasteiger partial charge in [-0.25, -0.2) is 4.79 Å². The van der Waals surface area contributed by atoms with Crippen LogP contribution < -0.4 is 10.2 Å². The van der Waals surface area contributed by atoms with Gasteiger partial charge in [0.1, 0.15) is 0 Å². The van der Waals surface area contributed by atoms with Crippen molar-refractivity contribution in [3.8, 4) is 0 Å². The molecule has 1 N–H and O–H groups in total. The Morgan fingerprint density at radius 1 is 0.963 bits per heavy atom. The first kappa shape index (κ1) is 18.5. The first-order valence-corrected chi connectivity index (χ1v) is 8.88. The second kappa shape index (κ2) is 8.89. The second-order valence-electron chi connectivity index (χ2n) is 6.22. The van der Waals surface area contributed by atoms with Gasteiger partial charge in [-0.05, 0) is 35.9 Å². The van der Waals surface area contributed by atoms with Gasteiger partial charge in [-0.3, -0.25) is 4.79 Å². The van der Waals surface area contributed by atoms with Crippen LogP contribution in [-0.4, -0.2) is 50.2 Å². The Kier molecular flexibility index (Phi) is 6.10. The van der Waals surface area contributed by atoms with E-state index in [0.29, 0.717) is 13.1 Å². The molecule has 0 saturated carbocycles. The molecule has 1 saturated heterocycles. The minimum Gasteiger partial charge on any atom is -0.453 e. The molecule has 2 aromatic carbocycles. The van der Waals surface area contributed by atoms with E-state index in [1.165, 1.54) is 13.2 Å². The summed E-state index contributed by atoms with van der Waals surface area (Å²) in [6.07, 6.45) is 3.02. The zero-order valence-corrected chi connectivity index (χ0v) is 15.3. The van der Waals surface area contributed by atoms with Crippen LogP contribution >= 0.6 is 0 Å². The number of anilines is 2. The lowest BCUT2D eigenvalue weighted by Crippen LogP contribution is -2.48. The molecule has 0 unspecified atom stereocenters. The van der Waals surface area contributed by atoms with Crippen molar-refractivity contribution in [2.75, 3.05) is 43.5 Å². The second-order valence-corrected chi connectivity index (χ2v) is 6.22. The molecular formula is C21H23N3O3. The first-order valence-electron chi connectivity index (χ1n) is 8.88. The fourth-order valence-electron chi connectivity index (χ4n) is 2.95. The molecule has 6 heteroatoms. The number of piperazine rings is 1. The van der Waals surface area contributed by atoms with Crippen LogP contribution in [0, 0.1) is 0 Å². The topological polar surface area (TPSA) is 61.9 Å². The molecule has 1 fully saturated rings. The lowest BCUT2D eigenvalue weighted by molar-refractivity contribution is -0.111. The van der Waals surface area contributed by atoms with Crippen molar-refractivity contribution in [3.05, 3.63) is 66.2 Å². The number of carbonyl (C=O) groups is 2. The number of rotatable bonds is 4. The van der Waals surface area contributed by atoms with Crippen LogP contribution in [0.1, 0.15) is 5.56 Å². The van der Waals surface area contributed by atoms with Crippen LogP contribution in [0.5, 0.6) is 0 Å². The molecule has 2 amide bonds. The smallest absolute Gasteiger partial charge is 0.409 e. The molecule has 0 atom stereocenters. The van der Waals surface area contributed by atoms with Gasteiger partial charge in [0.2, 0.25) is 5.91 Å². The maximum absolute atomic E-state index is 12.0. The number of benzene rings is 2. The normalized spacial score (nSPS) is 14.3. The van der Waals surface area contributed by atoms with Crippen molar-refractivity contribution in [3.63, 3.8) is 0 Å². The summed E-state index contributed by atoms with van der Waals surface area (Å²) in [6, 6.07) is 17.4. The molecule has 0 aromatic heterocycles. The molecular weight excluding hydrogens is 342 g/mol. The molecule has 0 aliphatic carbocycles. The minimum absolute atomic E-state index is 0.168. The number of amides is 2. The highest BCUT2D eigenvalue weighted by molar-refractivity contribution is 6.02. The Balaban J connectivity index is 1.52. The number of hydrogen-bond acceptors (Lipinski definition) is 4. The summed E-state index contributed by atoms with van der Waals surface area (Å²) in [7, 11) is 1.40. The average Bonchev–Trinajstić information content (AvgIpc) is 2.73. The van der Waals surface area contributed by atoms with Crippen molar-refractivity contribution < 1.29 is 14.3 Å². The standard InChI is InChI=1S/C21H23N3O3/c1-27-21(26)24-15-13-23(14-16-24)19-10-8-18(9-11-19)22-20(25)12-7-17-5-3-2-4-6-17/h2-12H,13-16H2,1H3,(H,22,25)/b12-7+. The summed E-state index contributed by atoms with van der Waals surface area (Å²) >= 11 is 0. The summed E-state index contributed by atoms with van der Waals surface area (Å²) in [4.78, 5) is 27.5. The maximum atomic E-state index is 12.0. The molecule has 1 heterocycles. The highest BCUT2D eigenvalue weighted by Crippen LogP contribution is 2.20. The monoisotopic (exact) mass is 365 g/mol. The van der Waals surface area contributed by atoms with Gasteiger partial charge in [-0.1, -0.05) is 30.3 Å². The van der Waals surface area contributed by atoms with E-state index in [2.05, 4.69) is 10.2 Å². The molecule has 0 spiro atoms. The summed E-state index contributed by atoms with van der Waals surface area (Å²) in [5.74, 6) is -0.168. The van der Waals surface area contributed by atoms with Crippen LogP contribution in [-0.2, 0) is 9.53 Å². The van der Waals surface area contributed by atoms with E-state index in [1.807, 2.05) is 54.6 Å². The van der Waals surface area contributed by atoms with Crippen LogP contribution in [0.25, 0.3) is 6.08 Å². The maximum Gasteiger partial charge on any atom is 0.409 e. The number of nitrogens with one attached hydrogen (secondary N) is 1. The van der Waals surface area contributed by atoms with E-state index in [1.54, 1.807) is 11.0 Å². The summed E-state index contributed by atoms with van der Waals surface area (Å²) < 4.78 is 4.75. The van der Waals surface area contributed by atoms with E-state index in [-0.39, 0.29) is 12.0 Å². The summed E-state index contributed by atoms with van der Waals surface area (Å²) in [6.45, 7) is 2.77. The molecule has 6 nitrogen and oxygen atoms in total. The zero-order chi connectivity index (χ0) is 19.1. The van der Waals surface area contributed by atoms with Crippen molar-refractivity contribution in [1.29, 1.82) is 0 Å². The molecule has 140 valence electrons. The van der Waals surface area contributed by atoms with Crippen LogP contribution in [0.4, 0.5) is 16.2 Å². The summed E-state index contributed by atoms with van der Waals surface area (Å²) in [5.41, 5.74) is 2.79. The number of nitrogens with zero attached hydrogens (tertiary/aromatic N) is 2. The SMILES string of the molecule is COC(=O)N1CCN(c2ccc(NC(=O)/C=C/c3ccccc3)cc2)CC1. The predicted molar refractivity (Wildman–Crippen MR) is 107 cm³/mol. The molecule has 0 radical (unpaired) electrons. The van der Waals surface area contributed by atoms with Crippen molar-refractivity contribution in [2.45, 2.75) is 0 Å². The fourth-order valence-corrected chi connectivity index (χ4v) is 2.95. The van der Waals surface area contributed by atoms with Crippen LogP contribution in [0.3, 0.4) is 0 Å². The number of methoxy groups -OCH3 is 1. The molecule has 27 heavy (non-hydrogen) atoms. The van der Waals surface area contributed by atoms with Crippen LogP contribution in [0.2, 0.25) is 0 Å². The molecule has 2 aromatic rings. The van der Waals surface area contributed by atoms with Gasteiger partial charge < -0.3 is 19.9 Å². The Hall–Kier alpha value is -3.28. The van der Waals surface area contributed by atoms with E-state index in [0.717, 1.165) is 30.0 Å². The van der Waals surface area contributed by atoms with Gasteiger partial charge in [0.05, 0.1) is 7.11 Å². The van der Waals surface area contributed by atoms with Crippen molar-refractivity contribution in [2.24, 2.45) is 0 Å². The molecule has 0 bridgehead atoms. The van der Waals surface area contributed by atoms with E-state index >= 15 is 0 Å². The predicted octanol–water partition coefficient (Wildman–Crippen LogP) is 3.23. The van der Waals surface area contributed by atoms with Gasteiger partial charge in [0.15, 0.2) is 0 Å². The van der Waals surface area contributed by atoms with Gasteiger partial charge in [0, 0.05) is 43.6 Å². The Morgan fingerprint density at radius 2 is 1.63 bits per heavy atom. The lowest BCUT2D eigenvalue weighted by Gasteiger charge is -2.35. The largest absolute Gasteiger partial charge is 0.453 e. The Labute approximate surface area is 159 Å². The van der Waals surface area contributed by atoms with Gasteiger partial charge in [-0.2, -0.15) is 0 Å². The van der Waals surface area contributed by atoms with Gasteiger partial charge in [-0.15, -0.1) is 0 Å². The molecule has 3 rings (SSSR count). The molecule has 1 aliphatic heterocycles. The number of ether oxygens (including phenoxy) is 1. The van der Waals surface area contributed by atoms with Crippen molar-refractivity contribution in [1.82, 2.24) is 4.90 Å². The first-order chi connectivity index (χ1) is 13.2. The molecule has 1 aliphatic rings. The Bertz CT molecular complexity index is 795. The minimum atomic E-state index is -0.281. The summed E-state index contributed by atoms with van der Waals surface area (Å²) in [5, 5.41) is 2.86. The van der Waals surface area contributed by atoms with Gasteiger partial charge in [0.25, 0.3) is 0 Å². The van der Waals surface area contributed by atoms with Crippen LogP contribution in [0.15, 0.2) is 60.7 Å². The third-order valence-corrected chi connectivity index (χ3v) is 4.44. The Morgan fingerprint density at radius 3 is 2.26 bits per heavy atom. The van der Waals surface area contributed by atoms with Crippen molar-refractivity contribution >= 4 is 29.5 Å². The lowest BCUT2D eigenvalue weighted by atomic mass is 10.2. The highest BCUT2D eigenvalue weighted by atomic mass is 16.5. The highest BCUT2D eigenvalue weighted by Gasteiger charge is 2.21. The number of carbonyl (C=O) groups excluding carboxylic acids is 2. The van der Waals surface area contributed by atoms with Gasteiger partial charge >= 0.3 is 6.09 Å². The fraction of sp³-hybridized carbons (Fsp3) is 0.238. The van der Waals surface area contributed by atoms with E-state index < -0.39 is 0 Å². The average molecular weight is 365 g/mol. The van der Waals surface area contributed by atoms with E-state index in [9.17, 15) is 9.59 Å². The quantitative estimate of drug-likeness (QED) is 0.845. The third kappa shape index (κ3) is 5.10. The number of hydrogen-bond donors (Lipinski definition) is 1. The van der Waals surface area contributed by atoms with E-state index in [4.69, 9.17) is 4.74 Å². The third-order valence-electron chi connectivity index (χ3n) is 4.44. The zero-order valence-electron chi connectivity index (χ0n) is 15.3.